The van der Waals surface area contributed by atoms with Crippen molar-refractivity contribution in [2.75, 3.05) is 31.1 Å². The van der Waals surface area contributed by atoms with E-state index in [0.29, 0.717) is 0 Å². The zero-order valence-corrected chi connectivity index (χ0v) is 11.0. The Bertz CT molecular complexity index is 519. The molecule has 1 aliphatic heterocycles. The lowest BCUT2D eigenvalue weighted by Gasteiger charge is -2.34. The molecule has 0 aromatic carbocycles. The molecule has 1 saturated heterocycles. The first-order chi connectivity index (χ1) is 9.31. The average Bonchev–Trinajstić information content (AvgIpc) is 2.86. The summed E-state index contributed by atoms with van der Waals surface area (Å²) in [4.78, 5) is 12.9. The van der Waals surface area contributed by atoms with E-state index in [4.69, 9.17) is 4.52 Å². The van der Waals surface area contributed by atoms with Crippen molar-refractivity contribution in [2.45, 2.75) is 13.5 Å². The maximum absolute atomic E-state index is 5.09. The molecule has 2 aromatic heterocycles. The van der Waals surface area contributed by atoms with Gasteiger partial charge in [-0.15, -0.1) is 0 Å². The predicted octanol–water partition coefficient (Wildman–Crippen LogP) is 1.10. The summed E-state index contributed by atoms with van der Waals surface area (Å²) < 4.78 is 5.09. The molecule has 0 bridgehead atoms. The van der Waals surface area contributed by atoms with Gasteiger partial charge in [0, 0.05) is 45.0 Å². The van der Waals surface area contributed by atoms with Gasteiger partial charge in [0.2, 0.25) is 0 Å². The van der Waals surface area contributed by atoms with Crippen LogP contribution in [0.15, 0.2) is 29.2 Å². The number of nitrogens with zero attached hydrogens (tertiary/aromatic N) is 5. The Morgan fingerprint density at radius 2 is 2.11 bits per heavy atom. The molecule has 100 valence electrons. The van der Waals surface area contributed by atoms with Crippen molar-refractivity contribution in [3.8, 4) is 0 Å². The van der Waals surface area contributed by atoms with Crippen molar-refractivity contribution in [1.29, 1.82) is 0 Å². The van der Waals surface area contributed by atoms with E-state index < -0.39 is 0 Å². The van der Waals surface area contributed by atoms with E-state index in [-0.39, 0.29) is 0 Å². The van der Waals surface area contributed by atoms with Crippen LogP contribution in [0.3, 0.4) is 0 Å². The summed E-state index contributed by atoms with van der Waals surface area (Å²) in [6.45, 7) is 6.76. The fraction of sp³-hybridized carbons (Fsp3) is 0.462. The zero-order chi connectivity index (χ0) is 13.1. The van der Waals surface area contributed by atoms with Crippen LogP contribution >= 0.6 is 0 Å². The molecule has 3 heterocycles. The molecule has 0 atom stereocenters. The van der Waals surface area contributed by atoms with Crippen molar-refractivity contribution in [3.05, 3.63) is 36.1 Å². The van der Waals surface area contributed by atoms with Gasteiger partial charge in [-0.2, -0.15) is 0 Å². The van der Waals surface area contributed by atoms with Gasteiger partial charge in [-0.1, -0.05) is 5.16 Å². The van der Waals surface area contributed by atoms with Crippen LogP contribution in [-0.4, -0.2) is 46.2 Å². The topological polar surface area (TPSA) is 58.3 Å². The standard InChI is InChI=1S/C13H17N5O/c1-11-8-12(16-19-11)9-17-4-6-18(7-5-17)13-2-3-14-10-15-13/h2-3,8,10H,4-7,9H2,1H3. The minimum absolute atomic E-state index is 0.856. The second-order valence-corrected chi connectivity index (χ2v) is 4.76. The highest BCUT2D eigenvalue weighted by atomic mass is 16.5. The van der Waals surface area contributed by atoms with E-state index >= 15 is 0 Å². The molecule has 0 N–H and O–H groups in total. The lowest BCUT2D eigenvalue weighted by Crippen LogP contribution is -2.46. The van der Waals surface area contributed by atoms with Crippen LogP contribution in [0.25, 0.3) is 0 Å². The third-order valence-electron chi connectivity index (χ3n) is 3.33. The summed E-state index contributed by atoms with van der Waals surface area (Å²) >= 11 is 0. The van der Waals surface area contributed by atoms with Gasteiger partial charge < -0.3 is 9.42 Å². The fourth-order valence-electron chi connectivity index (χ4n) is 2.33. The van der Waals surface area contributed by atoms with E-state index in [1.165, 1.54) is 0 Å². The van der Waals surface area contributed by atoms with Crippen LogP contribution in [0.1, 0.15) is 11.5 Å². The first-order valence-corrected chi connectivity index (χ1v) is 6.47. The number of rotatable bonds is 3. The minimum atomic E-state index is 0.856. The van der Waals surface area contributed by atoms with Crippen LogP contribution in [-0.2, 0) is 6.54 Å². The summed E-state index contributed by atoms with van der Waals surface area (Å²) in [6, 6.07) is 3.95. The van der Waals surface area contributed by atoms with Crippen molar-refractivity contribution in [3.63, 3.8) is 0 Å². The number of piperazine rings is 1. The highest BCUT2D eigenvalue weighted by molar-refractivity contribution is 5.36. The third-order valence-corrected chi connectivity index (χ3v) is 3.33. The first-order valence-electron chi connectivity index (χ1n) is 6.47. The minimum Gasteiger partial charge on any atom is -0.361 e. The molecule has 3 rings (SSSR count). The smallest absolute Gasteiger partial charge is 0.133 e. The molecule has 1 aliphatic rings. The van der Waals surface area contributed by atoms with Gasteiger partial charge in [-0.05, 0) is 13.0 Å². The second-order valence-electron chi connectivity index (χ2n) is 4.76. The van der Waals surface area contributed by atoms with Crippen molar-refractivity contribution in [1.82, 2.24) is 20.0 Å². The molecule has 0 spiro atoms. The Hall–Kier alpha value is -1.95. The SMILES string of the molecule is Cc1cc(CN2CCN(c3ccncn3)CC2)no1. The normalized spacial score (nSPS) is 16.8. The number of anilines is 1. The first kappa shape index (κ1) is 12.1. The maximum Gasteiger partial charge on any atom is 0.133 e. The Balaban J connectivity index is 1.55. The van der Waals surface area contributed by atoms with Gasteiger partial charge in [0.25, 0.3) is 0 Å². The van der Waals surface area contributed by atoms with Crippen LogP contribution < -0.4 is 4.90 Å². The summed E-state index contributed by atoms with van der Waals surface area (Å²) in [5.41, 5.74) is 1.01. The van der Waals surface area contributed by atoms with Gasteiger partial charge in [0.1, 0.15) is 17.9 Å². The quantitative estimate of drug-likeness (QED) is 0.822. The van der Waals surface area contributed by atoms with Gasteiger partial charge >= 0.3 is 0 Å². The molecule has 2 aromatic rings. The lowest BCUT2D eigenvalue weighted by molar-refractivity contribution is 0.241. The van der Waals surface area contributed by atoms with E-state index in [9.17, 15) is 0 Å². The van der Waals surface area contributed by atoms with Gasteiger partial charge in [-0.3, -0.25) is 4.90 Å². The lowest BCUT2D eigenvalue weighted by atomic mass is 10.3. The number of aromatic nitrogens is 3. The molecule has 6 nitrogen and oxygen atoms in total. The Morgan fingerprint density at radius 3 is 2.74 bits per heavy atom. The third kappa shape index (κ3) is 2.90. The Labute approximate surface area is 112 Å². The molecule has 0 amide bonds. The number of hydrogen-bond acceptors (Lipinski definition) is 6. The maximum atomic E-state index is 5.09. The molecule has 19 heavy (non-hydrogen) atoms. The molecular weight excluding hydrogens is 242 g/mol. The van der Waals surface area contributed by atoms with Gasteiger partial charge in [0.15, 0.2) is 0 Å². The summed E-state index contributed by atoms with van der Waals surface area (Å²) in [6.07, 6.45) is 3.38. The van der Waals surface area contributed by atoms with Crippen LogP contribution in [0.5, 0.6) is 0 Å². The largest absolute Gasteiger partial charge is 0.361 e. The van der Waals surface area contributed by atoms with E-state index in [0.717, 1.165) is 50.0 Å². The van der Waals surface area contributed by atoms with Crippen molar-refractivity contribution < 1.29 is 4.52 Å². The van der Waals surface area contributed by atoms with Crippen molar-refractivity contribution >= 4 is 5.82 Å². The second kappa shape index (κ2) is 5.36. The molecular formula is C13H17N5O. The van der Waals surface area contributed by atoms with E-state index in [1.807, 2.05) is 19.1 Å². The predicted molar refractivity (Wildman–Crippen MR) is 70.8 cm³/mol. The van der Waals surface area contributed by atoms with E-state index in [1.54, 1.807) is 12.5 Å². The summed E-state index contributed by atoms with van der Waals surface area (Å²) in [5, 5.41) is 4.04. The van der Waals surface area contributed by atoms with Crippen LogP contribution in [0.2, 0.25) is 0 Å². The van der Waals surface area contributed by atoms with Gasteiger partial charge in [0.05, 0.1) is 5.69 Å². The van der Waals surface area contributed by atoms with Gasteiger partial charge in [-0.25, -0.2) is 9.97 Å². The number of hydrogen-bond donors (Lipinski definition) is 0. The Kier molecular flexibility index (Phi) is 3.41. The average molecular weight is 259 g/mol. The summed E-state index contributed by atoms with van der Waals surface area (Å²) in [5.74, 6) is 1.88. The molecule has 0 aliphatic carbocycles. The van der Waals surface area contributed by atoms with E-state index in [2.05, 4.69) is 24.9 Å². The molecule has 0 radical (unpaired) electrons. The Morgan fingerprint density at radius 1 is 1.26 bits per heavy atom. The van der Waals surface area contributed by atoms with Crippen LogP contribution in [0, 0.1) is 6.92 Å². The molecule has 0 unspecified atom stereocenters. The number of aryl methyl sites for hydroxylation is 1. The highest BCUT2D eigenvalue weighted by Crippen LogP contribution is 2.13. The summed E-state index contributed by atoms with van der Waals surface area (Å²) in [7, 11) is 0. The van der Waals surface area contributed by atoms with Crippen LogP contribution in [0.4, 0.5) is 5.82 Å². The monoisotopic (exact) mass is 259 g/mol. The molecule has 6 heteroatoms. The zero-order valence-electron chi connectivity index (χ0n) is 11.0. The molecule has 0 saturated carbocycles. The van der Waals surface area contributed by atoms with Crippen molar-refractivity contribution in [2.24, 2.45) is 0 Å². The fourth-order valence-corrected chi connectivity index (χ4v) is 2.33. The highest BCUT2D eigenvalue weighted by Gasteiger charge is 2.18. The molecule has 1 fully saturated rings.